The van der Waals surface area contributed by atoms with Gasteiger partial charge in [-0.1, -0.05) is 0 Å². The number of halogens is 1. The molecule has 1 aliphatic rings. The van der Waals surface area contributed by atoms with E-state index in [-0.39, 0.29) is 11.7 Å². The molecule has 1 atom stereocenters. The zero-order chi connectivity index (χ0) is 13.8. The van der Waals surface area contributed by atoms with Gasteiger partial charge in [-0.25, -0.2) is 9.78 Å². The van der Waals surface area contributed by atoms with Gasteiger partial charge in [0.25, 0.3) is 0 Å². The lowest BCUT2D eigenvalue weighted by Gasteiger charge is -2.24. The predicted octanol–water partition coefficient (Wildman–Crippen LogP) is 1.39. The molecule has 0 spiro atoms. The number of nitrogens with zero attached hydrogens (tertiary/aromatic N) is 2. The third-order valence-electron chi connectivity index (χ3n) is 2.93. The first-order valence-electron chi connectivity index (χ1n) is 5.86. The average molecular weight is 331 g/mol. The standard InChI is InChI=1S/C12H15BrN2O4/c1-18-9-6-15(2-3-19-7-9)11-10(13)4-8(5-14-11)12(16)17/h4-5,9H,2-3,6-7H2,1H3,(H,16,17). The molecule has 7 heteroatoms. The molecule has 1 N–H and O–H groups in total. The molecule has 6 nitrogen and oxygen atoms in total. The summed E-state index contributed by atoms with van der Waals surface area (Å²) in [5.74, 6) is -0.286. The Hall–Kier alpha value is -1.18. The molecule has 0 radical (unpaired) electrons. The lowest BCUT2D eigenvalue weighted by Crippen LogP contribution is -2.34. The number of carboxylic acid groups (broad SMARTS) is 1. The molecule has 1 aromatic heterocycles. The summed E-state index contributed by atoms with van der Waals surface area (Å²) in [5.41, 5.74) is 0.157. The van der Waals surface area contributed by atoms with Crippen LogP contribution in [0.25, 0.3) is 0 Å². The van der Waals surface area contributed by atoms with Crippen LogP contribution in [0.2, 0.25) is 0 Å². The smallest absolute Gasteiger partial charge is 0.337 e. The molecule has 0 aliphatic carbocycles. The van der Waals surface area contributed by atoms with Crippen LogP contribution in [0.5, 0.6) is 0 Å². The second kappa shape index (κ2) is 6.31. The number of hydrogen-bond acceptors (Lipinski definition) is 5. The van der Waals surface area contributed by atoms with Gasteiger partial charge < -0.3 is 19.5 Å². The van der Waals surface area contributed by atoms with Crippen LogP contribution in [-0.2, 0) is 9.47 Å². The van der Waals surface area contributed by atoms with Gasteiger partial charge in [0.05, 0.1) is 29.4 Å². The predicted molar refractivity (Wildman–Crippen MR) is 72.7 cm³/mol. The topological polar surface area (TPSA) is 71.9 Å². The monoisotopic (exact) mass is 330 g/mol. The molecular weight excluding hydrogens is 316 g/mol. The van der Waals surface area contributed by atoms with E-state index in [4.69, 9.17) is 14.6 Å². The van der Waals surface area contributed by atoms with Crippen molar-refractivity contribution in [3.63, 3.8) is 0 Å². The van der Waals surface area contributed by atoms with Crippen LogP contribution in [-0.4, -0.2) is 55.6 Å². The van der Waals surface area contributed by atoms with Gasteiger partial charge in [-0.15, -0.1) is 0 Å². The van der Waals surface area contributed by atoms with E-state index in [0.717, 1.165) is 0 Å². The molecule has 1 aliphatic heterocycles. The maximum atomic E-state index is 10.9. The van der Waals surface area contributed by atoms with Crippen molar-refractivity contribution >= 4 is 27.7 Å². The highest BCUT2D eigenvalue weighted by Crippen LogP contribution is 2.25. The fourth-order valence-electron chi connectivity index (χ4n) is 1.89. The Labute approximate surface area is 119 Å². The first-order chi connectivity index (χ1) is 9.11. The van der Waals surface area contributed by atoms with Crippen LogP contribution in [0.1, 0.15) is 10.4 Å². The maximum Gasteiger partial charge on any atom is 0.337 e. The highest BCUT2D eigenvalue weighted by Gasteiger charge is 2.21. The Morgan fingerprint density at radius 2 is 2.47 bits per heavy atom. The summed E-state index contributed by atoms with van der Waals surface area (Å²) in [6, 6.07) is 1.55. The van der Waals surface area contributed by atoms with Crippen molar-refractivity contribution in [1.29, 1.82) is 0 Å². The van der Waals surface area contributed by atoms with E-state index in [1.807, 2.05) is 4.90 Å². The molecule has 0 bridgehead atoms. The minimum absolute atomic E-state index is 0.0182. The SMILES string of the molecule is COC1COCCN(c2ncc(C(=O)O)cc2Br)C1. The molecule has 0 saturated carbocycles. The minimum Gasteiger partial charge on any atom is -0.478 e. The molecule has 1 saturated heterocycles. The first kappa shape index (κ1) is 14.2. The van der Waals surface area contributed by atoms with Crippen LogP contribution >= 0.6 is 15.9 Å². The van der Waals surface area contributed by atoms with Crippen LogP contribution in [0.3, 0.4) is 0 Å². The molecule has 2 rings (SSSR count). The van der Waals surface area contributed by atoms with Crippen molar-refractivity contribution in [2.75, 3.05) is 38.3 Å². The van der Waals surface area contributed by atoms with Crippen molar-refractivity contribution < 1.29 is 19.4 Å². The van der Waals surface area contributed by atoms with Crippen molar-refractivity contribution in [2.24, 2.45) is 0 Å². The Kier molecular flexibility index (Phi) is 4.73. The second-order valence-electron chi connectivity index (χ2n) is 4.21. The Bertz CT molecular complexity index is 469. The van der Waals surface area contributed by atoms with Crippen LogP contribution in [0.4, 0.5) is 5.82 Å². The molecule has 104 valence electrons. The van der Waals surface area contributed by atoms with Gasteiger partial charge in [-0.2, -0.15) is 0 Å². The fraction of sp³-hybridized carbons (Fsp3) is 0.500. The highest BCUT2D eigenvalue weighted by molar-refractivity contribution is 9.10. The molecule has 2 heterocycles. The van der Waals surface area contributed by atoms with Crippen molar-refractivity contribution in [3.05, 3.63) is 22.3 Å². The fourth-order valence-corrected chi connectivity index (χ4v) is 2.49. The summed E-state index contributed by atoms with van der Waals surface area (Å²) in [4.78, 5) is 17.1. The van der Waals surface area contributed by atoms with Gasteiger partial charge in [0.1, 0.15) is 5.82 Å². The molecule has 1 aromatic rings. The van der Waals surface area contributed by atoms with Crippen LogP contribution < -0.4 is 4.90 Å². The van der Waals surface area contributed by atoms with Crippen molar-refractivity contribution in [3.8, 4) is 0 Å². The molecular formula is C12H15BrN2O4. The summed E-state index contributed by atoms with van der Waals surface area (Å²) in [7, 11) is 1.65. The normalized spacial score (nSPS) is 20.1. The Morgan fingerprint density at radius 3 is 3.11 bits per heavy atom. The van der Waals surface area contributed by atoms with E-state index in [2.05, 4.69) is 20.9 Å². The van der Waals surface area contributed by atoms with Gasteiger partial charge in [0, 0.05) is 26.4 Å². The largest absolute Gasteiger partial charge is 0.478 e. The first-order valence-corrected chi connectivity index (χ1v) is 6.65. The number of anilines is 1. The highest BCUT2D eigenvalue weighted by atomic mass is 79.9. The number of aromatic nitrogens is 1. The summed E-state index contributed by atoms with van der Waals surface area (Å²) in [6.07, 6.45) is 1.34. The van der Waals surface area contributed by atoms with Crippen LogP contribution in [0, 0.1) is 0 Å². The quantitative estimate of drug-likeness (QED) is 0.903. The number of aromatic carboxylic acids is 1. The summed E-state index contributed by atoms with van der Waals surface area (Å²) in [6.45, 7) is 2.50. The van der Waals surface area contributed by atoms with Crippen molar-refractivity contribution in [1.82, 2.24) is 4.98 Å². The van der Waals surface area contributed by atoms with E-state index in [1.54, 1.807) is 13.2 Å². The third kappa shape index (κ3) is 3.43. The second-order valence-corrected chi connectivity index (χ2v) is 5.07. The number of ether oxygens (including phenoxy) is 2. The van der Waals surface area contributed by atoms with Gasteiger partial charge >= 0.3 is 5.97 Å². The Morgan fingerprint density at radius 1 is 1.68 bits per heavy atom. The average Bonchev–Trinajstić information content (AvgIpc) is 2.63. The van der Waals surface area contributed by atoms with Crippen molar-refractivity contribution in [2.45, 2.75) is 6.10 Å². The number of carbonyl (C=O) groups is 1. The summed E-state index contributed by atoms with van der Waals surface area (Å²) < 4.78 is 11.4. The molecule has 19 heavy (non-hydrogen) atoms. The van der Waals surface area contributed by atoms with Gasteiger partial charge in [-0.05, 0) is 22.0 Å². The van der Waals surface area contributed by atoms with E-state index in [0.29, 0.717) is 36.6 Å². The van der Waals surface area contributed by atoms with Crippen LogP contribution in [0.15, 0.2) is 16.7 Å². The third-order valence-corrected chi connectivity index (χ3v) is 3.52. The number of hydrogen-bond donors (Lipinski definition) is 1. The minimum atomic E-state index is -0.992. The molecule has 1 unspecified atom stereocenters. The van der Waals surface area contributed by atoms with E-state index >= 15 is 0 Å². The maximum absolute atomic E-state index is 10.9. The van der Waals surface area contributed by atoms with E-state index in [1.165, 1.54) is 6.20 Å². The molecule has 0 amide bonds. The zero-order valence-corrected chi connectivity index (χ0v) is 12.1. The number of methoxy groups -OCH3 is 1. The van der Waals surface area contributed by atoms with Gasteiger partial charge in [0.15, 0.2) is 0 Å². The number of carboxylic acids is 1. The lowest BCUT2D eigenvalue weighted by molar-refractivity contribution is 0.0286. The van der Waals surface area contributed by atoms with Gasteiger partial charge in [0.2, 0.25) is 0 Å². The number of pyridine rings is 1. The molecule has 0 aromatic carbocycles. The zero-order valence-electron chi connectivity index (χ0n) is 10.5. The van der Waals surface area contributed by atoms with E-state index in [9.17, 15) is 4.79 Å². The Balaban J connectivity index is 2.22. The molecule has 1 fully saturated rings. The number of rotatable bonds is 3. The van der Waals surface area contributed by atoms with E-state index < -0.39 is 5.97 Å². The lowest BCUT2D eigenvalue weighted by atomic mass is 10.2. The summed E-state index contributed by atoms with van der Waals surface area (Å²) >= 11 is 3.37. The summed E-state index contributed by atoms with van der Waals surface area (Å²) in [5, 5.41) is 8.92. The van der Waals surface area contributed by atoms with Gasteiger partial charge in [-0.3, -0.25) is 0 Å².